The van der Waals surface area contributed by atoms with E-state index in [1.807, 2.05) is 0 Å². The second kappa shape index (κ2) is 27.6. The van der Waals surface area contributed by atoms with Gasteiger partial charge in [0, 0.05) is 19.5 Å². The maximum absolute atomic E-state index is 9.89. The van der Waals surface area contributed by atoms with E-state index in [4.69, 9.17) is 0 Å². The van der Waals surface area contributed by atoms with E-state index in [1.165, 1.54) is 47.7 Å². The number of halogens is 3. The van der Waals surface area contributed by atoms with Crippen molar-refractivity contribution >= 4 is 96.1 Å². The normalized spacial score (nSPS) is 10.2. The van der Waals surface area contributed by atoms with Crippen molar-refractivity contribution in [2.75, 3.05) is 0 Å². The van der Waals surface area contributed by atoms with Gasteiger partial charge in [-0.2, -0.15) is 0 Å². The molecule has 0 fully saturated rings. The Labute approximate surface area is 392 Å². The Balaban J connectivity index is 0.000000167. The summed E-state index contributed by atoms with van der Waals surface area (Å²) in [5.41, 5.74) is 0. The summed E-state index contributed by atoms with van der Waals surface area (Å²) in [5.74, 6) is 0. The van der Waals surface area contributed by atoms with Gasteiger partial charge < -0.3 is 0 Å². The summed E-state index contributed by atoms with van der Waals surface area (Å²) in [4.78, 5) is 0. The van der Waals surface area contributed by atoms with Crippen LogP contribution < -0.4 is 47.7 Å². The zero-order valence-corrected chi connectivity index (χ0v) is 43.3. The molecule has 0 aliphatic carbocycles. The van der Waals surface area contributed by atoms with Crippen LogP contribution in [0.5, 0.6) is 0 Å². The Morgan fingerprint density at radius 2 is 0.274 bits per heavy atom. The summed E-state index contributed by atoms with van der Waals surface area (Å²) in [6.07, 6.45) is 0. The van der Waals surface area contributed by atoms with Crippen molar-refractivity contribution < 1.29 is 27.0 Å². The fourth-order valence-corrected chi connectivity index (χ4v) is 14.7. The summed E-state index contributed by atoms with van der Waals surface area (Å²) in [7, 11) is -2.63. The molecule has 8 heteroatoms. The van der Waals surface area contributed by atoms with Gasteiger partial charge in [-0.05, 0) is 109 Å². The van der Waals surface area contributed by atoms with Gasteiger partial charge in [0.25, 0.3) is 0 Å². The first-order valence-electron chi connectivity index (χ1n) is 20.1. The van der Waals surface area contributed by atoms with Gasteiger partial charge in [-0.15, -0.1) is 0 Å². The molecule has 9 aromatic carbocycles. The van der Waals surface area contributed by atoms with E-state index in [-0.39, 0.29) is 19.5 Å². The third-order valence-electron chi connectivity index (χ3n) is 9.56. The van der Waals surface area contributed by atoms with Crippen LogP contribution in [-0.4, -0.2) is 24.6 Å². The van der Waals surface area contributed by atoms with E-state index < -0.39 is 48.3 Å². The van der Waals surface area contributed by atoms with E-state index in [1.54, 1.807) is 0 Å². The molecule has 0 radical (unpaired) electrons. The van der Waals surface area contributed by atoms with Crippen molar-refractivity contribution in [3.63, 3.8) is 0 Å². The first-order valence-corrected chi connectivity index (χ1v) is 29.7. The fraction of sp³-hybridized carbons (Fsp3) is 0. The predicted molar refractivity (Wildman–Crippen MR) is 269 cm³/mol. The van der Waals surface area contributed by atoms with Gasteiger partial charge in [0.15, 0.2) is 0 Å². The molecule has 0 heterocycles. The Morgan fingerprint density at radius 1 is 0.194 bits per heavy atom. The molecule has 9 rings (SSSR count). The zero-order valence-electron chi connectivity index (χ0n) is 34.0. The second-order valence-corrected chi connectivity index (χ2v) is 23.0. The molecule has 0 aliphatic heterocycles. The summed E-state index contributed by atoms with van der Waals surface area (Å²) < 4.78 is 29.7. The summed E-state index contributed by atoms with van der Waals surface area (Å²) in [6.45, 7) is 0. The van der Waals surface area contributed by atoms with E-state index in [0.29, 0.717) is 0 Å². The first-order chi connectivity index (χ1) is 30.1. The molecular formula is C54H48F3P3RuTl+3. The standard InChI is InChI=1S/3C18H15P.3FH.Ru.Tl/c3*1-4-10-16(11-5-1)19(17-12-6-2-7-13-17)18-14-8-3-9-15-18;;;;;/h3*1-15H;3*1H;;/q;;;;;;;+3. The quantitative estimate of drug-likeness (QED) is 0.0998. The molecule has 0 saturated heterocycles. The fourth-order valence-electron chi connectivity index (χ4n) is 6.94. The number of benzene rings is 9. The third kappa shape index (κ3) is 15.4. The predicted octanol–water partition coefficient (Wildman–Crippen LogP) is 10.4. The molecular weight excluding hydrogens is 1100 g/mol. The van der Waals surface area contributed by atoms with E-state index in [0.717, 1.165) is 0 Å². The van der Waals surface area contributed by atoms with Crippen LogP contribution in [0.25, 0.3) is 0 Å². The number of rotatable bonds is 9. The van der Waals surface area contributed by atoms with Crippen molar-refractivity contribution in [1.29, 1.82) is 0 Å². The van der Waals surface area contributed by atoms with Gasteiger partial charge in [-0.3, -0.25) is 0 Å². The Morgan fingerprint density at radius 3 is 0.355 bits per heavy atom. The molecule has 0 aliphatic rings. The summed E-state index contributed by atoms with van der Waals surface area (Å²) in [5, 5.41) is 12.9. The second-order valence-electron chi connectivity index (χ2n) is 13.7. The van der Waals surface area contributed by atoms with E-state index >= 15 is 0 Å². The molecule has 0 nitrogen and oxygen atoms in total. The van der Waals surface area contributed by atoms with Crippen molar-refractivity contribution in [3.8, 4) is 0 Å². The summed E-state index contributed by atoms with van der Waals surface area (Å²) >= 11 is -5.22. The van der Waals surface area contributed by atoms with Crippen LogP contribution in [0.4, 0.5) is 7.53 Å². The third-order valence-corrected chi connectivity index (χ3v) is 17.8. The zero-order chi connectivity index (χ0) is 42.3. The van der Waals surface area contributed by atoms with Gasteiger partial charge in [-0.1, -0.05) is 164 Å². The minimum Gasteiger partial charge on any atom is -0.0620 e. The molecule has 0 amide bonds. The molecule has 0 saturated carbocycles. The van der Waals surface area contributed by atoms with Crippen LogP contribution in [0.1, 0.15) is 0 Å². The average molecular weight is 1150 g/mol. The topological polar surface area (TPSA) is 0 Å². The minimum atomic E-state index is -5.22. The number of hydrogen-bond donors (Lipinski definition) is 0. The minimum absolute atomic E-state index is 0. The molecule has 308 valence electrons. The molecule has 9 aromatic rings. The molecule has 62 heavy (non-hydrogen) atoms. The first kappa shape index (κ1) is 48.6. The largest absolute Gasteiger partial charge is 0.102 e. The smallest absolute Gasteiger partial charge is 0.0620 e. The van der Waals surface area contributed by atoms with Crippen LogP contribution in [0.3, 0.4) is 0 Å². The Hall–Kier alpha value is -4.39. The molecule has 0 N–H and O–H groups in total. The van der Waals surface area contributed by atoms with Gasteiger partial charge in [-0.25, -0.2) is 0 Å². The van der Waals surface area contributed by atoms with Gasteiger partial charge in [0.05, 0.1) is 23.8 Å². The Bertz CT molecular complexity index is 1930. The van der Waals surface area contributed by atoms with Crippen molar-refractivity contribution in [2.24, 2.45) is 0 Å². The van der Waals surface area contributed by atoms with Gasteiger partial charge in [0.2, 0.25) is 0 Å². The van der Waals surface area contributed by atoms with Crippen LogP contribution in [0, 0.1) is 0 Å². The van der Waals surface area contributed by atoms with Gasteiger partial charge >= 0.3 is 32.1 Å². The molecule has 0 aromatic heterocycles. The van der Waals surface area contributed by atoms with Crippen LogP contribution in [0.15, 0.2) is 273 Å². The van der Waals surface area contributed by atoms with Crippen molar-refractivity contribution in [3.05, 3.63) is 273 Å². The van der Waals surface area contributed by atoms with Crippen LogP contribution in [-0.2, 0) is 19.5 Å². The average Bonchev–Trinajstić information content (AvgIpc) is 3.33. The SMILES string of the molecule is [F][Tl]([F])[F].[Ru].c1ccc([PH+](c2ccccc2)c2ccccc2)cc1.c1ccc([PH+](c2ccccc2)c2ccccc2)cc1.c1ccc([PH+](c2ccccc2)c2ccccc2)cc1. The van der Waals surface area contributed by atoms with Crippen molar-refractivity contribution in [1.82, 2.24) is 0 Å². The molecule has 0 unspecified atom stereocenters. The molecule has 0 spiro atoms. The molecule has 0 bridgehead atoms. The monoisotopic (exact) mass is 1150 g/mol. The van der Waals surface area contributed by atoms with Gasteiger partial charge in [0.1, 0.15) is 47.7 Å². The van der Waals surface area contributed by atoms with Crippen LogP contribution >= 0.6 is 23.8 Å². The molecule has 0 atom stereocenters. The van der Waals surface area contributed by atoms with Crippen LogP contribution in [0.2, 0.25) is 0 Å². The maximum atomic E-state index is 9.89. The maximum Gasteiger partial charge on any atom is 0.102 e. The Kier molecular flexibility index (Phi) is 21.7. The summed E-state index contributed by atoms with van der Waals surface area (Å²) in [6, 6.07) is 97.5. The van der Waals surface area contributed by atoms with E-state index in [9.17, 15) is 7.53 Å². The van der Waals surface area contributed by atoms with Crippen molar-refractivity contribution in [2.45, 2.75) is 0 Å². The van der Waals surface area contributed by atoms with E-state index in [2.05, 4.69) is 273 Å². The number of hydrogen-bond acceptors (Lipinski definition) is 0.